The number of benzene rings is 11. The van der Waals surface area contributed by atoms with Crippen molar-refractivity contribution in [3.63, 3.8) is 0 Å². The van der Waals surface area contributed by atoms with Crippen molar-refractivity contribution in [2.24, 2.45) is 0 Å². The molecule has 0 atom stereocenters. The third-order valence-electron chi connectivity index (χ3n) is 13.5. The van der Waals surface area contributed by atoms with Gasteiger partial charge in [-0.05, 0) is 166 Å². The molecule has 0 bridgehead atoms. The fourth-order valence-electron chi connectivity index (χ4n) is 8.01. The van der Waals surface area contributed by atoms with Crippen molar-refractivity contribution >= 4 is 134 Å². The number of aryl methyl sites for hydroxylation is 5. The van der Waals surface area contributed by atoms with Crippen LogP contribution in [0.2, 0.25) is 39.3 Å². The van der Waals surface area contributed by atoms with E-state index in [0.29, 0.717) is 0 Å². The average molecular weight is 1780 g/mol. The molecule has 0 unspecified atom stereocenters. The number of ether oxygens (including phenoxy) is 2. The van der Waals surface area contributed by atoms with Crippen molar-refractivity contribution in [1.29, 1.82) is 0 Å². The van der Waals surface area contributed by atoms with Gasteiger partial charge in [0.1, 0.15) is 16.1 Å². The van der Waals surface area contributed by atoms with Gasteiger partial charge in [-0.2, -0.15) is 0 Å². The molecule has 0 aliphatic heterocycles. The molecule has 11 aromatic carbocycles. The summed E-state index contributed by atoms with van der Waals surface area (Å²) in [5.41, 5.74) is 15.1. The first kappa shape index (κ1) is 101. The van der Waals surface area contributed by atoms with E-state index in [1.165, 1.54) is 71.9 Å². The maximum atomic E-state index is 10.7. The SMILES string of the molecule is C#C[Si](C)(C)C.C#Cc1ccc(C)cc1.COC(=O)C#Cc1ccc(C)cc1.COC(=O)Cl.Cc1ccc(C#CC(=O)O)cc1.Cc1ccc(C#C[Si](C)(C)C)cc1.Cc1ccc(I)cc1.[Cl][Pd][Cl].[Li+].[OH-].c1ccc(P(c2ccccc2)c2ccccc2)cc1.c1ccc(P(c2ccccc2)c2ccccc2)cc1. The normalized spacial score (nSPS) is 9.33. The van der Waals surface area contributed by atoms with Crippen LogP contribution in [0.15, 0.2) is 303 Å². The molecular formula is C92H93Cl3ILiO7P2PdSi2. The zero-order valence-corrected chi connectivity index (χ0v) is 73.9. The molecule has 0 saturated heterocycles. The molecule has 2 N–H and O–H groups in total. The van der Waals surface area contributed by atoms with Gasteiger partial charge < -0.3 is 20.1 Å². The molecule has 0 radical (unpaired) electrons. The van der Waals surface area contributed by atoms with Crippen LogP contribution >= 0.6 is 69.1 Å². The van der Waals surface area contributed by atoms with E-state index in [9.17, 15) is 14.4 Å². The third-order valence-corrected chi connectivity index (χ3v) is 21.0. The Morgan fingerprint density at radius 1 is 0.394 bits per heavy atom. The summed E-state index contributed by atoms with van der Waals surface area (Å²) in [6.07, 6.45) is 10.3. The van der Waals surface area contributed by atoms with Gasteiger partial charge >= 0.3 is 71.2 Å². The number of carboxylic acid groups (broad SMARTS) is 1. The zero-order valence-electron chi connectivity index (χ0n) is 64.2. The summed E-state index contributed by atoms with van der Waals surface area (Å²) in [6.45, 7) is 23.4. The van der Waals surface area contributed by atoms with Gasteiger partial charge in [0.2, 0.25) is 0 Å². The number of hydrogen-bond acceptors (Lipinski definition) is 6. The van der Waals surface area contributed by atoms with Crippen molar-refractivity contribution in [2.75, 3.05) is 14.2 Å². The van der Waals surface area contributed by atoms with Crippen molar-refractivity contribution in [3.8, 4) is 59.5 Å². The molecule has 0 heterocycles. The Morgan fingerprint density at radius 3 is 0.807 bits per heavy atom. The second-order valence-corrected chi connectivity index (χ2v) is 42.7. The maximum absolute atomic E-state index is 10.7. The van der Waals surface area contributed by atoms with Gasteiger partial charge in [0.15, 0.2) is 0 Å². The van der Waals surface area contributed by atoms with Crippen LogP contribution in [0.25, 0.3) is 0 Å². The van der Waals surface area contributed by atoms with Crippen LogP contribution in [-0.4, -0.2) is 58.3 Å². The Morgan fingerprint density at radius 2 is 0.615 bits per heavy atom. The average Bonchev–Trinajstić information content (AvgIpc) is 0.825. The number of terminal acetylenes is 2. The minimum Gasteiger partial charge on any atom is -0.870 e. The fourth-order valence-corrected chi connectivity index (χ4v) is 13.5. The van der Waals surface area contributed by atoms with Crippen molar-refractivity contribution in [3.05, 3.63) is 357 Å². The number of carbonyl (C=O) groups excluding carboxylic acids is 2. The first-order chi connectivity index (χ1) is 51.1. The van der Waals surface area contributed by atoms with E-state index in [2.05, 4.69) is 368 Å². The Kier molecular flexibility index (Phi) is 55.1. The van der Waals surface area contributed by atoms with Crippen LogP contribution in [0.1, 0.15) is 50.1 Å². The van der Waals surface area contributed by atoms with E-state index in [1.807, 2.05) is 87.4 Å². The van der Waals surface area contributed by atoms with Crippen LogP contribution in [0.3, 0.4) is 0 Å². The van der Waals surface area contributed by atoms with Crippen LogP contribution in [0.4, 0.5) is 4.79 Å². The zero-order chi connectivity index (χ0) is 79.3. The summed E-state index contributed by atoms with van der Waals surface area (Å²) in [5.74, 6) is 13.8. The molecule has 11 rings (SSSR count). The van der Waals surface area contributed by atoms with Crippen LogP contribution in [0, 0.1) is 97.6 Å². The van der Waals surface area contributed by atoms with Gasteiger partial charge in [0, 0.05) is 49.3 Å². The van der Waals surface area contributed by atoms with Crippen molar-refractivity contribution in [1.82, 2.24) is 0 Å². The summed E-state index contributed by atoms with van der Waals surface area (Å²) < 4.78 is 9.56. The largest absolute Gasteiger partial charge is 1.00 e. The number of halogens is 4. The van der Waals surface area contributed by atoms with E-state index < -0.39 is 49.4 Å². The Bertz CT molecular complexity index is 4270. The second kappa shape index (κ2) is 59.6. The molecule has 0 aromatic heterocycles. The number of esters is 1. The Labute approximate surface area is 701 Å². The molecule has 560 valence electrons. The van der Waals surface area contributed by atoms with Gasteiger partial charge in [-0.1, -0.05) is 333 Å². The summed E-state index contributed by atoms with van der Waals surface area (Å²) in [7, 11) is 8.95. The monoisotopic (exact) mass is 1770 g/mol. The summed E-state index contributed by atoms with van der Waals surface area (Å²) in [4.78, 5) is 30.1. The number of hydrogen-bond donors (Lipinski definition) is 1. The number of aliphatic carboxylic acids is 1. The van der Waals surface area contributed by atoms with Gasteiger partial charge in [0.25, 0.3) is 0 Å². The number of carboxylic acids is 1. The summed E-state index contributed by atoms with van der Waals surface area (Å²) >= 11 is 6.79. The second-order valence-electron chi connectivity index (χ2n) is 24.8. The van der Waals surface area contributed by atoms with Crippen LogP contribution in [0.5, 0.6) is 0 Å². The quantitative estimate of drug-likeness (QED) is 0.0440. The molecule has 7 nitrogen and oxygen atoms in total. The minimum atomic E-state index is -1.21. The van der Waals surface area contributed by atoms with E-state index in [-0.39, 0.29) is 40.3 Å². The van der Waals surface area contributed by atoms with E-state index in [4.69, 9.17) is 37.0 Å². The molecule has 11 aromatic rings. The Hall–Kier alpha value is -8.26. The molecule has 0 aliphatic carbocycles. The molecular weight excluding hydrogens is 1680 g/mol. The Balaban J connectivity index is 0.00000123. The number of rotatable bonds is 6. The third kappa shape index (κ3) is 49.5. The number of carbonyl (C=O) groups is 3. The van der Waals surface area contributed by atoms with E-state index in [0.717, 1.165) is 27.8 Å². The topological polar surface area (TPSA) is 120 Å². The fraction of sp³-hybridized carbons (Fsp3) is 0.141. The first-order valence-electron chi connectivity index (χ1n) is 33.4. The maximum Gasteiger partial charge on any atom is 1.00 e. The van der Waals surface area contributed by atoms with Crippen LogP contribution in [-0.2, 0) is 35.0 Å². The van der Waals surface area contributed by atoms with Gasteiger partial charge in [-0.15, -0.1) is 23.9 Å². The molecule has 0 fully saturated rings. The molecule has 0 spiro atoms. The molecule has 17 heteroatoms. The smallest absolute Gasteiger partial charge is 0.870 e. The predicted octanol–water partition coefficient (Wildman–Crippen LogP) is 18.3. The number of methoxy groups -OCH3 is 2. The molecule has 0 saturated carbocycles. The van der Waals surface area contributed by atoms with Crippen molar-refractivity contribution in [2.45, 2.75) is 73.9 Å². The predicted molar refractivity (Wildman–Crippen MR) is 475 cm³/mol. The molecule has 0 amide bonds. The summed E-state index contributed by atoms with van der Waals surface area (Å²) in [5, 5.41) is 16.6. The van der Waals surface area contributed by atoms with Gasteiger partial charge in [0.05, 0.1) is 14.2 Å². The minimum absolute atomic E-state index is 0. The van der Waals surface area contributed by atoms with Gasteiger partial charge in [-0.3, -0.25) is 0 Å². The van der Waals surface area contributed by atoms with Crippen molar-refractivity contribution < 1.29 is 69.2 Å². The van der Waals surface area contributed by atoms with E-state index in [1.54, 1.807) is 12.1 Å². The van der Waals surface area contributed by atoms with Gasteiger partial charge in [-0.25, -0.2) is 14.4 Å². The molecule has 109 heavy (non-hydrogen) atoms. The molecule has 0 aliphatic rings. The standard InChI is InChI=1S/2C18H15P.C12H16Si.C11H10O2.C10H8O2.C9H8.C7H7I.C5H10Si.C2H3ClO2.2ClH.Li.H2O.Pd/c2*1-4-10-16(11-5-1)19(17-12-6-2-7-13-17)18-14-8-3-9-15-18;1-11-5-7-12(8-6-11)9-10-13(2,3)4;1-9-3-5-10(6-4-9)7-8-11(12)13-2;1-8-2-4-9(5-3-8)6-7-10(11)12;1-3-9-6-4-8(2)5-7-9;1-6-2-4-7(8)5-3-6;1-5-6(2,3)4;1-5-2(3)4;;;;;/h2*1-15H;5-8H,1-4H3;3-6H,1-2H3;2-5H,1H3,(H,11,12);1,4-7H,2H3;2-5H,1H3;1H,2-4H3;1H3;2*1H;;1H2;/q;;;;;;;;;;;+1;;+2/p-3. The van der Waals surface area contributed by atoms with Crippen LogP contribution < -0.4 is 50.7 Å². The first-order valence-corrected chi connectivity index (χ1v) is 48.6. The summed E-state index contributed by atoms with van der Waals surface area (Å²) in [6, 6.07) is 104. The van der Waals surface area contributed by atoms with E-state index >= 15 is 0 Å².